The zero-order valence-corrected chi connectivity index (χ0v) is 12.8. The third-order valence-corrected chi connectivity index (χ3v) is 6.76. The summed E-state index contributed by atoms with van der Waals surface area (Å²) in [5.74, 6) is 3.23. The third kappa shape index (κ3) is 3.41. The molecule has 1 N–H and O–H groups in total. The van der Waals surface area contributed by atoms with E-state index >= 15 is 0 Å². The van der Waals surface area contributed by atoms with Crippen LogP contribution in [0.2, 0.25) is 0 Å². The number of benzene rings is 1. The van der Waals surface area contributed by atoms with Gasteiger partial charge in [-0.1, -0.05) is 19.1 Å². The van der Waals surface area contributed by atoms with Crippen molar-refractivity contribution in [3.63, 3.8) is 0 Å². The topological polar surface area (TPSA) is 29.5 Å². The largest absolute Gasteiger partial charge is 0.490 e. The minimum atomic E-state index is -0.393. The first kappa shape index (κ1) is 13.7. The van der Waals surface area contributed by atoms with Crippen molar-refractivity contribution >= 4 is 23.5 Å². The summed E-state index contributed by atoms with van der Waals surface area (Å²) in [6.07, 6.45) is 2.35. The van der Waals surface area contributed by atoms with Crippen molar-refractivity contribution in [3.05, 3.63) is 29.8 Å². The molecule has 1 heterocycles. The number of ether oxygens (including phenoxy) is 1. The van der Waals surface area contributed by atoms with E-state index in [1.807, 2.05) is 47.8 Å². The van der Waals surface area contributed by atoms with Crippen molar-refractivity contribution in [1.29, 1.82) is 0 Å². The van der Waals surface area contributed by atoms with Gasteiger partial charge in [-0.2, -0.15) is 23.5 Å². The van der Waals surface area contributed by atoms with E-state index in [0.717, 1.165) is 17.1 Å². The predicted octanol–water partition coefficient (Wildman–Crippen LogP) is 3.50. The first-order valence-corrected chi connectivity index (χ1v) is 9.01. The summed E-state index contributed by atoms with van der Waals surface area (Å²) in [6.45, 7) is 2.22. The highest BCUT2D eigenvalue weighted by atomic mass is 32.2. The average Bonchev–Trinajstić information content (AvgIpc) is 3.23. The minimum Gasteiger partial charge on any atom is -0.490 e. The molecule has 0 radical (unpaired) electrons. The maximum atomic E-state index is 10.6. The van der Waals surface area contributed by atoms with Crippen molar-refractivity contribution in [2.75, 3.05) is 11.5 Å². The molecule has 2 aliphatic rings. The average molecular weight is 296 g/mol. The molecular formula is C15H20O2S2. The van der Waals surface area contributed by atoms with E-state index in [1.54, 1.807) is 0 Å². The molecule has 0 amide bonds. The molecule has 2 fully saturated rings. The van der Waals surface area contributed by atoms with E-state index in [0.29, 0.717) is 11.4 Å². The number of aliphatic hydroxyl groups excluding tert-OH is 1. The molecule has 3 atom stereocenters. The van der Waals surface area contributed by atoms with E-state index in [2.05, 4.69) is 6.92 Å². The number of hydrogen-bond acceptors (Lipinski definition) is 4. The molecule has 3 rings (SSSR count). The van der Waals surface area contributed by atoms with Crippen molar-refractivity contribution < 1.29 is 9.84 Å². The lowest BCUT2D eigenvalue weighted by molar-refractivity contribution is 0.173. The Labute approximate surface area is 123 Å². The van der Waals surface area contributed by atoms with Crippen LogP contribution in [-0.2, 0) is 0 Å². The third-order valence-electron chi connectivity index (χ3n) is 3.57. The van der Waals surface area contributed by atoms with Gasteiger partial charge >= 0.3 is 0 Å². The molecule has 1 aliphatic heterocycles. The zero-order chi connectivity index (χ0) is 13.2. The van der Waals surface area contributed by atoms with Crippen LogP contribution in [0.25, 0.3) is 0 Å². The fourth-order valence-electron chi connectivity index (χ4n) is 2.34. The summed E-state index contributed by atoms with van der Waals surface area (Å²) >= 11 is 3.86. The molecular weight excluding hydrogens is 276 g/mol. The van der Waals surface area contributed by atoms with Crippen LogP contribution in [0.4, 0.5) is 0 Å². The molecule has 2 nitrogen and oxygen atoms in total. The van der Waals surface area contributed by atoms with Crippen LogP contribution in [0, 0.1) is 0 Å². The second-order valence-electron chi connectivity index (χ2n) is 5.25. The zero-order valence-electron chi connectivity index (χ0n) is 11.1. The van der Waals surface area contributed by atoms with Gasteiger partial charge in [0.2, 0.25) is 0 Å². The van der Waals surface area contributed by atoms with Crippen molar-refractivity contribution in [2.45, 2.75) is 42.5 Å². The van der Waals surface area contributed by atoms with Gasteiger partial charge in [-0.05, 0) is 30.5 Å². The lowest BCUT2D eigenvalue weighted by Gasteiger charge is -2.31. The van der Waals surface area contributed by atoms with Crippen LogP contribution in [0.1, 0.15) is 31.4 Å². The maximum Gasteiger partial charge on any atom is 0.120 e. The van der Waals surface area contributed by atoms with Gasteiger partial charge in [0.05, 0.1) is 12.2 Å². The van der Waals surface area contributed by atoms with Gasteiger partial charge in [-0.15, -0.1) is 0 Å². The smallest absolute Gasteiger partial charge is 0.120 e. The summed E-state index contributed by atoms with van der Waals surface area (Å²) in [7, 11) is 0. The van der Waals surface area contributed by atoms with Gasteiger partial charge in [0.15, 0.2) is 0 Å². The molecule has 1 aliphatic carbocycles. The van der Waals surface area contributed by atoms with Crippen LogP contribution >= 0.6 is 23.5 Å². The highest BCUT2D eigenvalue weighted by Crippen LogP contribution is 2.39. The summed E-state index contributed by atoms with van der Waals surface area (Å²) < 4.78 is 5.81. The Morgan fingerprint density at radius 2 is 2.05 bits per heavy atom. The Morgan fingerprint density at radius 3 is 2.79 bits per heavy atom. The quantitative estimate of drug-likeness (QED) is 0.921. The van der Waals surface area contributed by atoms with E-state index in [-0.39, 0.29) is 5.25 Å². The number of rotatable bonds is 4. The van der Waals surface area contributed by atoms with Gasteiger partial charge in [0.25, 0.3) is 0 Å². The standard InChI is InChI=1S/C15H20O2S2/c1-10-15(19-8-7-18-10)14(16)11-3-2-4-13(9-11)17-12-5-6-12/h2-4,9-10,12,14-16H,5-8H2,1H3. The van der Waals surface area contributed by atoms with E-state index in [1.165, 1.54) is 18.6 Å². The van der Waals surface area contributed by atoms with Gasteiger partial charge in [-0.25, -0.2) is 0 Å². The Morgan fingerprint density at radius 1 is 1.26 bits per heavy atom. The molecule has 19 heavy (non-hydrogen) atoms. The van der Waals surface area contributed by atoms with E-state index < -0.39 is 6.10 Å². The molecule has 4 heteroatoms. The summed E-state index contributed by atoms with van der Waals surface area (Å²) in [6, 6.07) is 7.99. The Hall–Kier alpha value is -0.320. The summed E-state index contributed by atoms with van der Waals surface area (Å²) in [5.41, 5.74) is 0.991. The highest BCUT2D eigenvalue weighted by molar-refractivity contribution is 8.07. The second kappa shape index (κ2) is 5.98. The minimum absolute atomic E-state index is 0.287. The van der Waals surface area contributed by atoms with Crippen LogP contribution in [-0.4, -0.2) is 33.2 Å². The molecule has 0 bridgehead atoms. The lowest BCUT2D eigenvalue weighted by atomic mass is 10.0. The normalized spacial score (nSPS) is 28.9. The SMILES string of the molecule is CC1SCCSC1C(O)c1cccc(OC2CC2)c1. The van der Waals surface area contributed by atoms with Crippen molar-refractivity contribution in [1.82, 2.24) is 0 Å². The fourth-order valence-corrected chi connectivity index (χ4v) is 5.17. The molecule has 1 saturated heterocycles. The Balaban J connectivity index is 1.72. The maximum absolute atomic E-state index is 10.6. The molecule has 0 spiro atoms. The van der Waals surface area contributed by atoms with Crippen LogP contribution in [0.3, 0.4) is 0 Å². The van der Waals surface area contributed by atoms with Crippen LogP contribution in [0.5, 0.6) is 5.75 Å². The number of aliphatic hydroxyl groups is 1. The first-order chi connectivity index (χ1) is 9.24. The van der Waals surface area contributed by atoms with Crippen LogP contribution in [0.15, 0.2) is 24.3 Å². The molecule has 1 saturated carbocycles. The molecule has 0 aromatic heterocycles. The Kier molecular flexibility index (Phi) is 4.30. The summed E-state index contributed by atoms with van der Waals surface area (Å²) in [5, 5.41) is 11.4. The molecule has 1 aromatic carbocycles. The van der Waals surface area contributed by atoms with Gasteiger partial charge < -0.3 is 9.84 Å². The lowest BCUT2D eigenvalue weighted by Crippen LogP contribution is -2.29. The number of hydrogen-bond donors (Lipinski definition) is 1. The highest BCUT2D eigenvalue weighted by Gasteiger charge is 2.30. The van der Waals surface area contributed by atoms with E-state index in [4.69, 9.17) is 4.74 Å². The van der Waals surface area contributed by atoms with E-state index in [9.17, 15) is 5.11 Å². The predicted molar refractivity (Wildman–Crippen MR) is 83.2 cm³/mol. The van der Waals surface area contributed by atoms with Crippen molar-refractivity contribution in [3.8, 4) is 5.75 Å². The fraction of sp³-hybridized carbons (Fsp3) is 0.600. The van der Waals surface area contributed by atoms with Crippen LogP contribution < -0.4 is 4.74 Å². The molecule has 3 unspecified atom stereocenters. The van der Waals surface area contributed by atoms with Crippen molar-refractivity contribution in [2.24, 2.45) is 0 Å². The van der Waals surface area contributed by atoms with Gasteiger partial charge in [0, 0.05) is 22.0 Å². The van der Waals surface area contributed by atoms with Gasteiger partial charge in [-0.3, -0.25) is 0 Å². The molecule has 104 valence electrons. The second-order valence-corrected chi connectivity index (χ2v) is 8.02. The van der Waals surface area contributed by atoms with Gasteiger partial charge in [0.1, 0.15) is 5.75 Å². The summed E-state index contributed by atoms with van der Waals surface area (Å²) in [4.78, 5) is 0. The number of thioether (sulfide) groups is 2. The Bertz CT molecular complexity index is 434. The monoisotopic (exact) mass is 296 g/mol. The molecule has 1 aromatic rings. The first-order valence-electron chi connectivity index (χ1n) is 6.92.